The molecule has 0 saturated carbocycles. The van der Waals surface area contributed by atoms with Crippen molar-refractivity contribution < 1.29 is 4.79 Å². The zero-order valence-corrected chi connectivity index (χ0v) is 14.0. The third-order valence-corrected chi connectivity index (χ3v) is 5.03. The van der Waals surface area contributed by atoms with Gasteiger partial charge in [0.25, 0.3) is 5.91 Å². The van der Waals surface area contributed by atoms with Crippen LogP contribution in [0, 0.1) is 6.92 Å². The van der Waals surface area contributed by atoms with E-state index in [1.54, 1.807) is 0 Å². The van der Waals surface area contributed by atoms with E-state index >= 15 is 0 Å². The molecule has 0 atom stereocenters. The lowest BCUT2D eigenvalue weighted by molar-refractivity contribution is 0.103. The second kappa shape index (κ2) is 5.62. The Labute approximate surface area is 135 Å². The molecule has 0 bridgehead atoms. The highest BCUT2D eigenvalue weighted by Gasteiger charge is 2.19. The quantitative estimate of drug-likeness (QED) is 0.766. The molecule has 8 heteroatoms. The van der Waals surface area contributed by atoms with Crippen molar-refractivity contribution in [3.63, 3.8) is 0 Å². The van der Waals surface area contributed by atoms with Gasteiger partial charge < -0.3 is 5.73 Å². The van der Waals surface area contributed by atoms with Crippen LogP contribution in [-0.2, 0) is 0 Å². The summed E-state index contributed by atoms with van der Waals surface area (Å²) >= 11 is 2.62. The minimum atomic E-state index is -0.275. The molecule has 0 spiro atoms. The van der Waals surface area contributed by atoms with Gasteiger partial charge in [0.1, 0.15) is 14.7 Å². The fraction of sp³-hybridized carbons (Fsp3) is 0.286. The van der Waals surface area contributed by atoms with E-state index in [0.29, 0.717) is 21.6 Å². The van der Waals surface area contributed by atoms with Crippen molar-refractivity contribution in [1.82, 2.24) is 15.2 Å². The number of carbonyl (C=O) groups excluding carboxylic acids is 1. The van der Waals surface area contributed by atoms with Gasteiger partial charge in [0.05, 0.1) is 5.69 Å². The highest BCUT2D eigenvalue weighted by atomic mass is 32.1. The molecule has 0 fully saturated rings. The second-order valence-electron chi connectivity index (χ2n) is 5.17. The largest absolute Gasteiger partial charge is 0.397 e. The lowest BCUT2D eigenvalue weighted by Gasteiger charge is -2.03. The summed E-state index contributed by atoms with van der Waals surface area (Å²) in [6, 6.07) is 3.88. The van der Waals surface area contributed by atoms with E-state index in [1.807, 2.05) is 19.1 Å². The molecule has 3 rings (SSSR count). The van der Waals surface area contributed by atoms with Crippen LogP contribution in [0.3, 0.4) is 0 Å². The molecule has 22 heavy (non-hydrogen) atoms. The van der Waals surface area contributed by atoms with Crippen LogP contribution in [0.2, 0.25) is 0 Å². The van der Waals surface area contributed by atoms with E-state index in [9.17, 15) is 4.79 Å². The van der Waals surface area contributed by atoms with Gasteiger partial charge in [0.2, 0.25) is 5.13 Å². The van der Waals surface area contributed by atoms with E-state index in [0.717, 1.165) is 20.9 Å². The number of thiophene rings is 1. The van der Waals surface area contributed by atoms with Crippen molar-refractivity contribution in [2.24, 2.45) is 0 Å². The number of nitrogens with two attached hydrogens (primary N) is 1. The van der Waals surface area contributed by atoms with Gasteiger partial charge in [0, 0.05) is 11.1 Å². The third-order valence-electron chi connectivity index (χ3n) is 3.16. The fourth-order valence-corrected chi connectivity index (χ4v) is 3.59. The number of hydrogen-bond donors (Lipinski definition) is 2. The summed E-state index contributed by atoms with van der Waals surface area (Å²) in [5.41, 5.74) is 7.55. The Kier molecular flexibility index (Phi) is 3.79. The Morgan fingerprint density at radius 2 is 2.05 bits per heavy atom. The summed E-state index contributed by atoms with van der Waals surface area (Å²) in [7, 11) is 0. The average Bonchev–Trinajstić information content (AvgIpc) is 3.02. The fourth-order valence-electron chi connectivity index (χ4n) is 2.00. The van der Waals surface area contributed by atoms with Crippen LogP contribution in [0.25, 0.3) is 10.2 Å². The summed E-state index contributed by atoms with van der Waals surface area (Å²) in [6.07, 6.45) is 0. The second-order valence-corrected chi connectivity index (χ2v) is 7.35. The molecule has 3 N–H and O–H groups in total. The molecular weight excluding hydrogens is 318 g/mol. The molecule has 0 aliphatic heterocycles. The van der Waals surface area contributed by atoms with E-state index in [1.165, 1.54) is 22.7 Å². The van der Waals surface area contributed by atoms with Gasteiger partial charge >= 0.3 is 0 Å². The number of hydrogen-bond acceptors (Lipinski definition) is 7. The van der Waals surface area contributed by atoms with Crippen molar-refractivity contribution in [3.05, 3.63) is 27.7 Å². The highest BCUT2D eigenvalue weighted by molar-refractivity contribution is 7.21. The number of nitrogens with one attached hydrogen (secondary N) is 1. The van der Waals surface area contributed by atoms with Crippen molar-refractivity contribution >= 4 is 49.6 Å². The van der Waals surface area contributed by atoms with Crippen LogP contribution < -0.4 is 11.1 Å². The summed E-state index contributed by atoms with van der Waals surface area (Å²) in [5, 5.41) is 12.6. The normalized spacial score (nSPS) is 11.3. The molecule has 3 aromatic rings. The summed E-state index contributed by atoms with van der Waals surface area (Å²) in [5.74, 6) is 0.0529. The number of aryl methyl sites for hydroxylation is 1. The average molecular weight is 333 g/mol. The highest BCUT2D eigenvalue weighted by Crippen LogP contribution is 2.34. The van der Waals surface area contributed by atoms with Gasteiger partial charge in [-0.15, -0.1) is 21.5 Å². The van der Waals surface area contributed by atoms with Gasteiger partial charge in [-0.05, 0) is 25.0 Å². The summed E-state index contributed by atoms with van der Waals surface area (Å²) in [6.45, 7) is 5.99. The molecule has 0 aliphatic carbocycles. The number of nitrogens with zero attached hydrogens (tertiary/aromatic N) is 3. The summed E-state index contributed by atoms with van der Waals surface area (Å²) < 4.78 is 0. The first-order chi connectivity index (χ1) is 10.5. The van der Waals surface area contributed by atoms with Crippen LogP contribution >= 0.6 is 22.7 Å². The SMILES string of the molecule is Cc1nnc(NC(=O)c2sc3nc(C(C)C)ccc3c2N)s1. The van der Waals surface area contributed by atoms with Crippen molar-refractivity contribution in [2.75, 3.05) is 11.1 Å². The standard InChI is InChI=1S/C14H15N5OS2/c1-6(2)9-5-4-8-10(15)11(22-13(8)16-9)12(20)17-14-19-18-7(3)21-14/h4-6H,15H2,1-3H3,(H,17,19,20). The van der Waals surface area contributed by atoms with Crippen LogP contribution in [0.5, 0.6) is 0 Å². The van der Waals surface area contributed by atoms with Crippen LogP contribution in [0.4, 0.5) is 10.8 Å². The minimum absolute atomic E-state index is 0.275. The number of carbonyl (C=O) groups is 1. The Bertz CT molecular complexity index is 852. The predicted octanol–water partition coefficient (Wildman–Crippen LogP) is 3.41. The Morgan fingerprint density at radius 1 is 1.27 bits per heavy atom. The maximum atomic E-state index is 12.4. The number of rotatable bonds is 3. The van der Waals surface area contributed by atoms with Gasteiger partial charge in [-0.3, -0.25) is 10.1 Å². The lowest BCUT2D eigenvalue weighted by atomic mass is 10.1. The number of amides is 1. The zero-order chi connectivity index (χ0) is 15.9. The molecule has 114 valence electrons. The number of fused-ring (bicyclic) bond motifs is 1. The number of aromatic nitrogens is 3. The molecule has 0 aliphatic rings. The molecule has 3 heterocycles. The van der Waals surface area contributed by atoms with E-state index in [4.69, 9.17) is 5.73 Å². The smallest absolute Gasteiger partial charge is 0.269 e. The van der Waals surface area contributed by atoms with Crippen molar-refractivity contribution in [2.45, 2.75) is 26.7 Å². The Balaban J connectivity index is 1.96. The number of pyridine rings is 1. The number of nitrogen functional groups attached to an aromatic ring is 1. The molecule has 0 aromatic carbocycles. The van der Waals surface area contributed by atoms with Crippen molar-refractivity contribution in [1.29, 1.82) is 0 Å². The van der Waals surface area contributed by atoms with Crippen molar-refractivity contribution in [3.8, 4) is 0 Å². The lowest BCUT2D eigenvalue weighted by Crippen LogP contribution is -2.11. The first-order valence-corrected chi connectivity index (χ1v) is 8.39. The zero-order valence-electron chi connectivity index (χ0n) is 12.4. The third kappa shape index (κ3) is 2.67. The maximum absolute atomic E-state index is 12.4. The number of anilines is 2. The van der Waals surface area contributed by atoms with Crippen LogP contribution in [-0.4, -0.2) is 21.1 Å². The first-order valence-electron chi connectivity index (χ1n) is 6.76. The maximum Gasteiger partial charge on any atom is 0.269 e. The molecule has 0 unspecified atom stereocenters. The minimum Gasteiger partial charge on any atom is -0.397 e. The predicted molar refractivity (Wildman–Crippen MR) is 90.7 cm³/mol. The van der Waals surface area contributed by atoms with Gasteiger partial charge in [-0.1, -0.05) is 25.2 Å². The molecule has 3 aromatic heterocycles. The van der Waals surface area contributed by atoms with Crippen LogP contribution in [0.1, 0.15) is 40.1 Å². The molecule has 6 nitrogen and oxygen atoms in total. The molecular formula is C14H15N5OS2. The molecule has 0 saturated heterocycles. The molecule has 0 radical (unpaired) electrons. The molecule has 1 amide bonds. The van der Waals surface area contributed by atoms with Gasteiger partial charge in [-0.25, -0.2) is 4.98 Å². The van der Waals surface area contributed by atoms with Crippen LogP contribution in [0.15, 0.2) is 12.1 Å². The first kappa shape index (κ1) is 14.9. The van der Waals surface area contributed by atoms with Gasteiger partial charge in [0.15, 0.2) is 0 Å². The van der Waals surface area contributed by atoms with E-state index in [-0.39, 0.29) is 5.91 Å². The monoisotopic (exact) mass is 333 g/mol. The Morgan fingerprint density at radius 3 is 2.68 bits per heavy atom. The van der Waals surface area contributed by atoms with E-state index in [2.05, 4.69) is 34.3 Å². The topological polar surface area (TPSA) is 93.8 Å². The van der Waals surface area contributed by atoms with E-state index < -0.39 is 0 Å². The summed E-state index contributed by atoms with van der Waals surface area (Å²) in [4.78, 5) is 18.2. The Hall–Kier alpha value is -2.06. The van der Waals surface area contributed by atoms with Gasteiger partial charge in [-0.2, -0.15) is 0 Å².